The van der Waals surface area contributed by atoms with Crippen LogP contribution in [-0.2, 0) is 0 Å². The normalized spacial score (nSPS) is 12.3. The van der Waals surface area contributed by atoms with Gasteiger partial charge in [-0.1, -0.05) is 6.07 Å². The molecule has 0 radical (unpaired) electrons. The van der Waals surface area contributed by atoms with E-state index in [4.69, 9.17) is 0 Å². The highest BCUT2D eigenvalue weighted by Gasteiger charge is 2.16. The van der Waals surface area contributed by atoms with Gasteiger partial charge in [-0.15, -0.1) is 0 Å². The fourth-order valence-electron chi connectivity index (χ4n) is 2.28. The number of aromatic nitrogens is 3. The highest BCUT2D eigenvalue weighted by atomic mass is 15.2. The molecule has 0 aliphatic carbocycles. The molecule has 2 aromatic heterocycles. The summed E-state index contributed by atoms with van der Waals surface area (Å²) in [6.07, 6.45) is 3.66. The molecule has 0 saturated heterocycles. The summed E-state index contributed by atoms with van der Waals surface area (Å²) in [4.78, 5) is 17.5. The molecule has 0 saturated carbocycles. The molecular formula is C16H24N6. The Kier molecular flexibility index (Phi) is 5.27. The van der Waals surface area contributed by atoms with E-state index in [1.165, 1.54) is 0 Å². The largest absolute Gasteiger partial charge is 0.362 e. The van der Waals surface area contributed by atoms with Crippen LogP contribution in [0.15, 0.2) is 30.6 Å². The first-order valence-corrected chi connectivity index (χ1v) is 7.31. The molecular weight excluding hydrogens is 276 g/mol. The first kappa shape index (κ1) is 16.2. The molecule has 0 spiro atoms. The van der Waals surface area contributed by atoms with Crippen molar-refractivity contribution in [2.75, 3.05) is 45.0 Å². The topological polar surface area (TPSA) is 57.2 Å². The number of pyridine rings is 1. The van der Waals surface area contributed by atoms with E-state index in [-0.39, 0.29) is 6.04 Å². The van der Waals surface area contributed by atoms with Gasteiger partial charge in [0.05, 0.1) is 11.7 Å². The number of hydrogen-bond donors (Lipinski definition) is 1. The average molecular weight is 300 g/mol. The summed E-state index contributed by atoms with van der Waals surface area (Å²) >= 11 is 0. The summed E-state index contributed by atoms with van der Waals surface area (Å²) in [5.74, 6) is 1.56. The number of hydrogen-bond acceptors (Lipinski definition) is 6. The van der Waals surface area contributed by atoms with E-state index < -0.39 is 0 Å². The maximum absolute atomic E-state index is 4.56. The maximum atomic E-state index is 4.56. The van der Waals surface area contributed by atoms with Gasteiger partial charge in [0.25, 0.3) is 0 Å². The zero-order valence-electron chi connectivity index (χ0n) is 13.9. The molecule has 0 aromatic carbocycles. The second-order valence-electron chi connectivity index (χ2n) is 5.71. The molecule has 0 bridgehead atoms. The van der Waals surface area contributed by atoms with Crippen LogP contribution in [0.25, 0.3) is 0 Å². The van der Waals surface area contributed by atoms with Gasteiger partial charge in [-0.2, -0.15) is 4.98 Å². The SMILES string of the molecule is Cc1cnc(NCC(c2ccccn2)N(C)C)nc1N(C)C. The lowest BCUT2D eigenvalue weighted by Crippen LogP contribution is -2.28. The number of rotatable bonds is 6. The minimum atomic E-state index is 0.161. The predicted molar refractivity (Wildman–Crippen MR) is 90.3 cm³/mol. The number of anilines is 2. The van der Waals surface area contributed by atoms with Crippen molar-refractivity contribution in [2.24, 2.45) is 0 Å². The molecule has 2 rings (SSSR count). The average Bonchev–Trinajstić information content (AvgIpc) is 2.49. The minimum absolute atomic E-state index is 0.161. The van der Waals surface area contributed by atoms with Gasteiger partial charge in [-0.3, -0.25) is 9.88 Å². The summed E-state index contributed by atoms with van der Waals surface area (Å²) < 4.78 is 0. The summed E-state index contributed by atoms with van der Waals surface area (Å²) in [7, 11) is 8.05. The van der Waals surface area contributed by atoms with E-state index in [2.05, 4.69) is 25.2 Å². The smallest absolute Gasteiger partial charge is 0.224 e. The van der Waals surface area contributed by atoms with Gasteiger partial charge in [0.2, 0.25) is 5.95 Å². The van der Waals surface area contributed by atoms with Gasteiger partial charge in [-0.05, 0) is 33.2 Å². The van der Waals surface area contributed by atoms with E-state index in [0.29, 0.717) is 12.5 Å². The van der Waals surface area contributed by atoms with E-state index >= 15 is 0 Å². The van der Waals surface area contributed by atoms with E-state index in [0.717, 1.165) is 17.1 Å². The summed E-state index contributed by atoms with van der Waals surface area (Å²) in [6.45, 7) is 2.70. The molecule has 1 N–H and O–H groups in total. The lowest BCUT2D eigenvalue weighted by atomic mass is 10.1. The Hall–Kier alpha value is -2.21. The molecule has 118 valence electrons. The number of nitrogens with zero attached hydrogens (tertiary/aromatic N) is 5. The molecule has 0 fully saturated rings. The fraction of sp³-hybridized carbons (Fsp3) is 0.438. The standard InChI is InChI=1S/C16H24N6/c1-12-10-18-16(20-15(12)22(4)5)19-11-14(21(2)3)13-8-6-7-9-17-13/h6-10,14H,11H2,1-5H3,(H,18,19,20). The van der Waals surface area contributed by atoms with Crippen LogP contribution >= 0.6 is 0 Å². The van der Waals surface area contributed by atoms with Crippen molar-refractivity contribution in [1.29, 1.82) is 0 Å². The maximum Gasteiger partial charge on any atom is 0.224 e. The molecule has 0 aliphatic heterocycles. The van der Waals surface area contributed by atoms with E-state index in [9.17, 15) is 0 Å². The Morgan fingerprint density at radius 2 is 1.91 bits per heavy atom. The number of aryl methyl sites for hydroxylation is 1. The fourth-order valence-corrected chi connectivity index (χ4v) is 2.28. The van der Waals surface area contributed by atoms with Crippen LogP contribution in [-0.4, -0.2) is 54.6 Å². The Morgan fingerprint density at radius 1 is 1.14 bits per heavy atom. The van der Waals surface area contributed by atoms with Crippen LogP contribution in [0.2, 0.25) is 0 Å². The highest BCUT2D eigenvalue weighted by molar-refractivity contribution is 5.47. The minimum Gasteiger partial charge on any atom is -0.362 e. The molecule has 0 aliphatic rings. The van der Waals surface area contributed by atoms with E-state index in [1.54, 1.807) is 0 Å². The Labute approximate surface area is 132 Å². The van der Waals surface area contributed by atoms with Gasteiger partial charge in [0.1, 0.15) is 5.82 Å². The van der Waals surface area contributed by atoms with Gasteiger partial charge in [0.15, 0.2) is 0 Å². The van der Waals surface area contributed by atoms with Crippen LogP contribution in [0.1, 0.15) is 17.3 Å². The third-order valence-corrected chi connectivity index (χ3v) is 3.47. The molecule has 6 nitrogen and oxygen atoms in total. The van der Waals surface area contributed by atoms with Crippen molar-refractivity contribution < 1.29 is 0 Å². The van der Waals surface area contributed by atoms with Crippen LogP contribution in [0.3, 0.4) is 0 Å². The van der Waals surface area contributed by atoms with Gasteiger partial charge in [-0.25, -0.2) is 4.98 Å². The quantitative estimate of drug-likeness (QED) is 0.880. The third-order valence-electron chi connectivity index (χ3n) is 3.47. The second-order valence-corrected chi connectivity index (χ2v) is 5.71. The first-order chi connectivity index (χ1) is 10.5. The highest BCUT2D eigenvalue weighted by Crippen LogP contribution is 2.18. The summed E-state index contributed by atoms with van der Waals surface area (Å²) in [5.41, 5.74) is 2.09. The molecule has 0 amide bonds. The molecule has 22 heavy (non-hydrogen) atoms. The van der Waals surface area contributed by atoms with Crippen LogP contribution in [0, 0.1) is 6.92 Å². The van der Waals surface area contributed by atoms with Crippen molar-refractivity contribution >= 4 is 11.8 Å². The van der Waals surface area contributed by atoms with E-state index in [1.807, 2.05) is 70.6 Å². The zero-order valence-corrected chi connectivity index (χ0v) is 13.9. The Morgan fingerprint density at radius 3 is 2.50 bits per heavy atom. The van der Waals surface area contributed by atoms with Crippen LogP contribution in [0.4, 0.5) is 11.8 Å². The molecule has 2 heterocycles. The monoisotopic (exact) mass is 300 g/mol. The van der Waals surface area contributed by atoms with Crippen molar-refractivity contribution in [1.82, 2.24) is 19.9 Å². The number of nitrogens with one attached hydrogen (secondary N) is 1. The van der Waals surface area contributed by atoms with Crippen molar-refractivity contribution in [3.8, 4) is 0 Å². The third kappa shape index (κ3) is 3.92. The Bertz CT molecular complexity index is 597. The molecule has 6 heteroatoms. The van der Waals surface area contributed by atoms with Crippen LogP contribution in [0.5, 0.6) is 0 Å². The van der Waals surface area contributed by atoms with Crippen LogP contribution < -0.4 is 10.2 Å². The molecule has 2 aromatic rings. The molecule has 1 atom stereocenters. The lowest BCUT2D eigenvalue weighted by Gasteiger charge is -2.24. The lowest BCUT2D eigenvalue weighted by molar-refractivity contribution is 0.305. The van der Waals surface area contributed by atoms with Gasteiger partial charge in [0, 0.05) is 38.6 Å². The van der Waals surface area contributed by atoms with Crippen molar-refractivity contribution in [2.45, 2.75) is 13.0 Å². The van der Waals surface area contributed by atoms with Gasteiger partial charge < -0.3 is 10.2 Å². The van der Waals surface area contributed by atoms with Crippen molar-refractivity contribution in [3.63, 3.8) is 0 Å². The Balaban J connectivity index is 2.12. The molecule has 1 unspecified atom stereocenters. The zero-order chi connectivity index (χ0) is 16.1. The number of likely N-dealkylation sites (N-methyl/N-ethyl adjacent to an activating group) is 1. The van der Waals surface area contributed by atoms with Crippen molar-refractivity contribution in [3.05, 3.63) is 41.9 Å². The predicted octanol–water partition coefficient (Wildman–Crippen LogP) is 1.96. The van der Waals surface area contributed by atoms with Gasteiger partial charge >= 0.3 is 0 Å². The first-order valence-electron chi connectivity index (χ1n) is 7.31. The summed E-state index contributed by atoms with van der Waals surface area (Å²) in [5, 5.41) is 3.32. The second kappa shape index (κ2) is 7.17. The summed E-state index contributed by atoms with van der Waals surface area (Å²) in [6, 6.07) is 6.13.